The zero-order valence-corrected chi connectivity index (χ0v) is 11.0. The lowest BCUT2D eigenvalue weighted by Gasteiger charge is -2.06. The summed E-state index contributed by atoms with van der Waals surface area (Å²) in [5, 5.41) is 6.10. The van der Waals surface area contributed by atoms with Crippen LogP contribution in [0.1, 0.15) is 4.88 Å². The largest absolute Gasteiger partial charge is 0.379 e. The van der Waals surface area contributed by atoms with Gasteiger partial charge in [-0.1, -0.05) is 23.7 Å². The van der Waals surface area contributed by atoms with E-state index < -0.39 is 0 Å². The summed E-state index contributed by atoms with van der Waals surface area (Å²) >= 11 is 11.0. The lowest BCUT2D eigenvalue weighted by Crippen LogP contribution is -1.97. The maximum Gasteiger partial charge on any atom is 0.0516 e. The minimum atomic E-state index is 0.806. The summed E-state index contributed by atoms with van der Waals surface area (Å²) < 4.78 is 1.08. The lowest BCUT2D eigenvalue weighted by molar-refractivity contribution is 1.19. The second-order valence-electron chi connectivity index (χ2n) is 3.06. The third-order valence-corrected chi connectivity index (χ3v) is 3.92. The molecule has 0 aliphatic carbocycles. The van der Waals surface area contributed by atoms with Crippen LogP contribution in [-0.2, 0) is 6.54 Å². The highest BCUT2D eigenvalue weighted by molar-refractivity contribution is 9.10. The van der Waals surface area contributed by atoms with Crippen molar-refractivity contribution in [2.75, 3.05) is 5.32 Å². The molecule has 0 saturated carbocycles. The normalized spacial score (nSPS) is 10.3. The molecule has 0 saturated heterocycles. The fourth-order valence-corrected chi connectivity index (χ4v) is 2.67. The van der Waals surface area contributed by atoms with Crippen LogP contribution in [0.25, 0.3) is 0 Å². The lowest BCUT2D eigenvalue weighted by atomic mass is 10.3. The molecule has 1 N–H and O–H groups in total. The van der Waals surface area contributed by atoms with Crippen LogP contribution in [0.4, 0.5) is 5.69 Å². The van der Waals surface area contributed by atoms with Crippen molar-refractivity contribution in [3.8, 4) is 0 Å². The number of nitrogens with one attached hydrogen (secondary N) is 1. The standard InChI is InChI=1S/C11H9BrClNS/c12-10-3-1-2-4-11(10)14-6-9-5-8(13)7-15-9/h1-5,7,14H,6H2. The van der Waals surface area contributed by atoms with Gasteiger partial charge in [-0.15, -0.1) is 11.3 Å². The molecular formula is C11H9BrClNS. The number of para-hydroxylation sites is 1. The number of thiophene rings is 1. The van der Waals surface area contributed by atoms with E-state index in [9.17, 15) is 0 Å². The van der Waals surface area contributed by atoms with Gasteiger partial charge in [0.15, 0.2) is 0 Å². The highest BCUT2D eigenvalue weighted by atomic mass is 79.9. The fraction of sp³-hybridized carbons (Fsp3) is 0.0909. The highest BCUT2D eigenvalue weighted by Gasteiger charge is 2.00. The monoisotopic (exact) mass is 301 g/mol. The minimum Gasteiger partial charge on any atom is -0.379 e. The van der Waals surface area contributed by atoms with Gasteiger partial charge in [-0.05, 0) is 34.1 Å². The Bertz CT molecular complexity index is 455. The molecule has 0 amide bonds. The molecule has 1 aromatic heterocycles. The van der Waals surface area contributed by atoms with E-state index in [0.717, 1.165) is 21.7 Å². The molecule has 4 heteroatoms. The van der Waals surface area contributed by atoms with Crippen molar-refractivity contribution in [1.29, 1.82) is 0 Å². The van der Waals surface area contributed by atoms with Crippen LogP contribution in [0.15, 0.2) is 40.2 Å². The molecular weight excluding hydrogens is 294 g/mol. The van der Waals surface area contributed by atoms with Crippen LogP contribution >= 0.6 is 38.9 Å². The quantitative estimate of drug-likeness (QED) is 0.860. The molecule has 0 radical (unpaired) electrons. The molecule has 0 aliphatic heterocycles. The molecule has 0 atom stereocenters. The first-order valence-electron chi connectivity index (χ1n) is 4.47. The van der Waals surface area contributed by atoms with Crippen molar-refractivity contribution in [1.82, 2.24) is 0 Å². The fourth-order valence-electron chi connectivity index (χ4n) is 1.23. The van der Waals surface area contributed by atoms with Gasteiger partial charge in [0.2, 0.25) is 0 Å². The number of halogens is 2. The van der Waals surface area contributed by atoms with E-state index in [0.29, 0.717) is 0 Å². The first kappa shape index (κ1) is 11.0. The van der Waals surface area contributed by atoms with E-state index in [1.54, 1.807) is 11.3 Å². The van der Waals surface area contributed by atoms with Gasteiger partial charge >= 0.3 is 0 Å². The van der Waals surface area contributed by atoms with Gasteiger partial charge in [0, 0.05) is 27.0 Å². The zero-order chi connectivity index (χ0) is 10.7. The summed E-state index contributed by atoms with van der Waals surface area (Å²) in [6.07, 6.45) is 0. The van der Waals surface area contributed by atoms with Crippen LogP contribution < -0.4 is 5.32 Å². The molecule has 78 valence electrons. The highest BCUT2D eigenvalue weighted by Crippen LogP contribution is 2.24. The van der Waals surface area contributed by atoms with Gasteiger partial charge in [0.1, 0.15) is 0 Å². The SMILES string of the molecule is Clc1csc(CNc2ccccc2Br)c1. The smallest absolute Gasteiger partial charge is 0.0516 e. The van der Waals surface area contributed by atoms with Gasteiger partial charge < -0.3 is 5.32 Å². The Morgan fingerprint density at radius 3 is 2.80 bits per heavy atom. The van der Waals surface area contributed by atoms with Crippen molar-refractivity contribution < 1.29 is 0 Å². The van der Waals surface area contributed by atoms with Crippen molar-refractivity contribution in [3.63, 3.8) is 0 Å². The Balaban J connectivity index is 2.02. The van der Waals surface area contributed by atoms with E-state index in [1.165, 1.54) is 4.88 Å². The number of anilines is 1. The van der Waals surface area contributed by atoms with Crippen molar-refractivity contribution in [2.24, 2.45) is 0 Å². The van der Waals surface area contributed by atoms with Crippen LogP contribution in [0.2, 0.25) is 5.02 Å². The van der Waals surface area contributed by atoms with Gasteiger partial charge in [-0.3, -0.25) is 0 Å². The Kier molecular flexibility index (Phi) is 3.67. The van der Waals surface area contributed by atoms with Crippen molar-refractivity contribution >= 4 is 44.6 Å². The molecule has 2 aromatic rings. The van der Waals surface area contributed by atoms with E-state index >= 15 is 0 Å². The number of benzene rings is 1. The molecule has 15 heavy (non-hydrogen) atoms. The van der Waals surface area contributed by atoms with E-state index in [1.807, 2.05) is 35.7 Å². The van der Waals surface area contributed by atoms with E-state index in [4.69, 9.17) is 11.6 Å². The average Bonchev–Trinajstić information content (AvgIpc) is 2.63. The molecule has 0 aliphatic rings. The Labute approximate surface area is 106 Å². The molecule has 0 bridgehead atoms. The predicted molar refractivity (Wildman–Crippen MR) is 70.8 cm³/mol. The second-order valence-corrected chi connectivity index (χ2v) is 5.35. The summed E-state index contributed by atoms with van der Waals surface area (Å²) in [6, 6.07) is 10.0. The van der Waals surface area contributed by atoms with Crippen LogP contribution in [0, 0.1) is 0 Å². The van der Waals surface area contributed by atoms with Crippen molar-refractivity contribution in [2.45, 2.75) is 6.54 Å². The second kappa shape index (κ2) is 5.01. The van der Waals surface area contributed by atoms with Crippen LogP contribution in [0.3, 0.4) is 0 Å². The first-order chi connectivity index (χ1) is 7.25. The van der Waals surface area contributed by atoms with E-state index in [2.05, 4.69) is 21.2 Å². The number of rotatable bonds is 3. The third-order valence-electron chi connectivity index (χ3n) is 1.95. The molecule has 0 unspecified atom stereocenters. The van der Waals surface area contributed by atoms with Gasteiger partial charge in [0.25, 0.3) is 0 Å². The molecule has 1 nitrogen and oxygen atoms in total. The molecule has 1 aromatic carbocycles. The maximum absolute atomic E-state index is 5.85. The third kappa shape index (κ3) is 2.97. The van der Waals surface area contributed by atoms with Gasteiger partial charge in [0.05, 0.1) is 5.02 Å². The number of hydrogen-bond donors (Lipinski definition) is 1. The maximum atomic E-state index is 5.85. The number of hydrogen-bond acceptors (Lipinski definition) is 2. The van der Waals surface area contributed by atoms with Crippen LogP contribution in [-0.4, -0.2) is 0 Å². The van der Waals surface area contributed by atoms with Gasteiger partial charge in [-0.25, -0.2) is 0 Å². The first-order valence-corrected chi connectivity index (χ1v) is 6.52. The minimum absolute atomic E-state index is 0.806. The van der Waals surface area contributed by atoms with Crippen LogP contribution in [0.5, 0.6) is 0 Å². The van der Waals surface area contributed by atoms with Crippen molar-refractivity contribution in [3.05, 3.63) is 50.1 Å². The van der Waals surface area contributed by atoms with Gasteiger partial charge in [-0.2, -0.15) is 0 Å². The Hall–Kier alpha value is -0.510. The summed E-state index contributed by atoms with van der Waals surface area (Å²) in [7, 11) is 0. The Morgan fingerprint density at radius 1 is 1.33 bits per heavy atom. The summed E-state index contributed by atoms with van der Waals surface area (Å²) in [4.78, 5) is 1.23. The topological polar surface area (TPSA) is 12.0 Å². The molecule has 0 spiro atoms. The zero-order valence-electron chi connectivity index (χ0n) is 7.84. The van der Waals surface area contributed by atoms with E-state index in [-0.39, 0.29) is 0 Å². The summed E-state index contributed by atoms with van der Waals surface area (Å²) in [6.45, 7) is 0.806. The molecule has 0 fully saturated rings. The summed E-state index contributed by atoms with van der Waals surface area (Å²) in [5.41, 5.74) is 1.10. The molecule has 2 rings (SSSR count). The Morgan fingerprint density at radius 2 is 2.13 bits per heavy atom. The summed E-state index contributed by atoms with van der Waals surface area (Å²) in [5.74, 6) is 0. The average molecular weight is 303 g/mol. The molecule has 1 heterocycles. The predicted octanol–water partition coefficient (Wildman–Crippen LogP) is 4.78.